The normalized spacial score (nSPS) is 20.8. The molecule has 8 nitrogen and oxygen atoms in total. The zero-order valence-electron chi connectivity index (χ0n) is 10.8. The molecule has 0 aliphatic carbocycles. The van der Waals surface area contributed by atoms with Crippen molar-refractivity contribution in [3.63, 3.8) is 0 Å². The van der Waals surface area contributed by atoms with Gasteiger partial charge in [-0.05, 0) is 7.05 Å². The topological polar surface area (TPSA) is 105 Å². The highest BCUT2D eigenvalue weighted by Crippen LogP contribution is 2.18. The molecule has 1 saturated heterocycles. The number of aromatic amines is 1. The Morgan fingerprint density at radius 2 is 2.47 bits per heavy atom. The molecule has 8 heteroatoms. The van der Waals surface area contributed by atoms with Crippen molar-refractivity contribution in [1.82, 2.24) is 25.1 Å². The summed E-state index contributed by atoms with van der Waals surface area (Å²) < 4.78 is 5.69. The first-order valence-electron chi connectivity index (χ1n) is 6.23. The summed E-state index contributed by atoms with van der Waals surface area (Å²) in [6.07, 6.45) is 1.84. The lowest BCUT2D eigenvalue weighted by Gasteiger charge is -2.30. The second kappa shape index (κ2) is 4.98. The highest BCUT2D eigenvalue weighted by Gasteiger charge is 2.18. The number of hydrogen-bond acceptors (Lipinski definition) is 7. The van der Waals surface area contributed by atoms with E-state index in [1.807, 2.05) is 0 Å². The van der Waals surface area contributed by atoms with Crippen LogP contribution >= 0.6 is 0 Å². The maximum absolute atomic E-state index is 5.69. The molecule has 0 bridgehead atoms. The van der Waals surface area contributed by atoms with Gasteiger partial charge in [0.15, 0.2) is 5.65 Å². The summed E-state index contributed by atoms with van der Waals surface area (Å²) in [4.78, 5) is 10.5. The monoisotopic (exact) mass is 263 g/mol. The molecule has 1 aliphatic heterocycles. The van der Waals surface area contributed by atoms with Crippen molar-refractivity contribution in [1.29, 1.82) is 0 Å². The molecule has 0 amide bonds. The van der Waals surface area contributed by atoms with E-state index in [4.69, 9.17) is 10.5 Å². The van der Waals surface area contributed by atoms with Gasteiger partial charge in [-0.3, -0.25) is 5.10 Å². The summed E-state index contributed by atoms with van der Waals surface area (Å²) in [6, 6.07) is 0. The minimum Gasteiger partial charge on any atom is -0.374 e. The summed E-state index contributed by atoms with van der Waals surface area (Å²) in [6.45, 7) is 3.32. The number of H-pyrrole nitrogens is 1. The number of aromatic nitrogens is 4. The van der Waals surface area contributed by atoms with Gasteiger partial charge in [-0.2, -0.15) is 15.1 Å². The fraction of sp³-hybridized carbons (Fsp3) is 0.545. The van der Waals surface area contributed by atoms with Crippen molar-refractivity contribution in [2.24, 2.45) is 0 Å². The third kappa shape index (κ3) is 2.59. The first-order chi connectivity index (χ1) is 9.22. The van der Waals surface area contributed by atoms with Crippen molar-refractivity contribution < 1.29 is 4.74 Å². The van der Waals surface area contributed by atoms with Crippen LogP contribution < -0.4 is 11.1 Å². The van der Waals surface area contributed by atoms with Gasteiger partial charge >= 0.3 is 0 Å². The Morgan fingerprint density at radius 1 is 1.58 bits per heavy atom. The number of hydrogen-bond donors (Lipinski definition) is 3. The molecule has 4 N–H and O–H groups in total. The molecule has 1 atom stereocenters. The van der Waals surface area contributed by atoms with Gasteiger partial charge in [-0.25, -0.2) is 0 Å². The minimum atomic E-state index is 0.150. The number of morpholine rings is 1. The van der Waals surface area contributed by atoms with Crippen LogP contribution in [-0.2, 0) is 4.74 Å². The average Bonchev–Trinajstić information content (AvgIpc) is 2.84. The number of nitrogens with one attached hydrogen (secondary N) is 2. The van der Waals surface area contributed by atoms with E-state index in [-0.39, 0.29) is 12.1 Å². The van der Waals surface area contributed by atoms with E-state index < -0.39 is 0 Å². The Labute approximate surface area is 110 Å². The quantitative estimate of drug-likeness (QED) is 0.696. The molecule has 3 rings (SSSR count). The standard InChI is InChI=1S/C11H17N7O/c1-18-2-3-19-7(6-18)4-13-9-8-5-14-17-10(8)16-11(12)15-9/h5,7H,2-4,6H2,1H3,(H4,12,13,14,15,16,17). The Hall–Kier alpha value is -1.93. The lowest BCUT2D eigenvalue weighted by atomic mass is 10.2. The van der Waals surface area contributed by atoms with Gasteiger partial charge in [0.25, 0.3) is 0 Å². The van der Waals surface area contributed by atoms with Crippen LogP contribution in [0.2, 0.25) is 0 Å². The van der Waals surface area contributed by atoms with E-state index in [9.17, 15) is 0 Å². The molecule has 0 aromatic carbocycles. The van der Waals surface area contributed by atoms with Crippen molar-refractivity contribution in [2.75, 3.05) is 44.3 Å². The Bertz CT molecular complexity index is 569. The molecule has 102 valence electrons. The number of nitrogen functional groups attached to an aromatic ring is 1. The molecule has 2 aromatic rings. The summed E-state index contributed by atoms with van der Waals surface area (Å²) in [7, 11) is 2.09. The number of ether oxygens (including phenoxy) is 1. The van der Waals surface area contributed by atoms with Gasteiger partial charge in [0.1, 0.15) is 5.82 Å². The van der Waals surface area contributed by atoms with Crippen molar-refractivity contribution in [3.8, 4) is 0 Å². The van der Waals surface area contributed by atoms with Crippen LogP contribution in [0.25, 0.3) is 11.0 Å². The van der Waals surface area contributed by atoms with Gasteiger partial charge in [0, 0.05) is 19.6 Å². The van der Waals surface area contributed by atoms with E-state index in [0.717, 1.165) is 25.1 Å². The second-order valence-corrected chi connectivity index (χ2v) is 4.70. The number of rotatable bonds is 3. The van der Waals surface area contributed by atoms with Gasteiger partial charge in [-0.15, -0.1) is 0 Å². The molecule has 2 aromatic heterocycles. The van der Waals surface area contributed by atoms with Crippen LogP contribution in [0.3, 0.4) is 0 Å². The maximum atomic E-state index is 5.69. The lowest BCUT2D eigenvalue weighted by Crippen LogP contribution is -2.43. The van der Waals surface area contributed by atoms with E-state index in [2.05, 4.69) is 37.4 Å². The number of nitrogens with zero attached hydrogens (tertiary/aromatic N) is 4. The third-order valence-corrected chi connectivity index (χ3v) is 3.17. The fourth-order valence-corrected chi connectivity index (χ4v) is 2.19. The fourth-order valence-electron chi connectivity index (χ4n) is 2.19. The van der Waals surface area contributed by atoms with Gasteiger partial charge in [0.2, 0.25) is 5.95 Å². The molecule has 0 radical (unpaired) electrons. The smallest absolute Gasteiger partial charge is 0.224 e. The van der Waals surface area contributed by atoms with Crippen molar-refractivity contribution >= 4 is 22.8 Å². The van der Waals surface area contributed by atoms with E-state index >= 15 is 0 Å². The summed E-state index contributed by atoms with van der Waals surface area (Å²) in [5.41, 5.74) is 6.30. The molecule has 19 heavy (non-hydrogen) atoms. The van der Waals surface area contributed by atoms with E-state index in [0.29, 0.717) is 18.0 Å². The highest BCUT2D eigenvalue weighted by molar-refractivity contribution is 5.86. The van der Waals surface area contributed by atoms with Crippen LogP contribution in [0.4, 0.5) is 11.8 Å². The van der Waals surface area contributed by atoms with Gasteiger partial charge in [-0.1, -0.05) is 0 Å². The minimum absolute atomic E-state index is 0.150. The van der Waals surface area contributed by atoms with Crippen molar-refractivity contribution in [3.05, 3.63) is 6.20 Å². The molecule has 0 saturated carbocycles. The summed E-state index contributed by atoms with van der Waals surface area (Å²) >= 11 is 0. The van der Waals surface area contributed by atoms with Crippen LogP contribution in [0, 0.1) is 0 Å². The third-order valence-electron chi connectivity index (χ3n) is 3.17. The summed E-state index contributed by atoms with van der Waals surface area (Å²) in [5, 5.41) is 10.8. The zero-order chi connectivity index (χ0) is 13.2. The highest BCUT2D eigenvalue weighted by atomic mass is 16.5. The molecule has 3 heterocycles. The molecular weight excluding hydrogens is 246 g/mol. The van der Waals surface area contributed by atoms with Crippen molar-refractivity contribution in [2.45, 2.75) is 6.10 Å². The predicted octanol–water partition coefficient (Wildman–Crippen LogP) is -0.322. The van der Waals surface area contributed by atoms with Crippen LogP contribution in [0.5, 0.6) is 0 Å². The van der Waals surface area contributed by atoms with E-state index in [1.54, 1.807) is 6.20 Å². The number of likely N-dealkylation sites (N-methyl/N-ethyl adjacent to an activating group) is 1. The molecule has 1 aliphatic rings. The van der Waals surface area contributed by atoms with Crippen LogP contribution in [-0.4, -0.2) is 64.5 Å². The van der Waals surface area contributed by atoms with Gasteiger partial charge in [0.05, 0.1) is 24.3 Å². The number of nitrogens with two attached hydrogens (primary N) is 1. The molecule has 1 unspecified atom stereocenters. The predicted molar refractivity (Wildman–Crippen MR) is 71.8 cm³/mol. The molecule has 0 spiro atoms. The van der Waals surface area contributed by atoms with Crippen LogP contribution in [0.15, 0.2) is 6.20 Å². The number of anilines is 2. The largest absolute Gasteiger partial charge is 0.374 e. The Morgan fingerprint density at radius 3 is 3.32 bits per heavy atom. The number of fused-ring (bicyclic) bond motifs is 1. The SMILES string of the molecule is CN1CCOC(CNc2nc(N)nc3[nH]ncc23)C1. The first kappa shape index (κ1) is 12.1. The zero-order valence-corrected chi connectivity index (χ0v) is 10.8. The Kier molecular flexibility index (Phi) is 3.18. The summed E-state index contributed by atoms with van der Waals surface area (Å²) in [5.74, 6) is 0.911. The maximum Gasteiger partial charge on any atom is 0.224 e. The molecular formula is C11H17N7O. The van der Waals surface area contributed by atoms with Gasteiger partial charge < -0.3 is 20.7 Å². The average molecular weight is 263 g/mol. The first-order valence-corrected chi connectivity index (χ1v) is 6.23. The lowest BCUT2D eigenvalue weighted by molar-refractivity contribution is -0.0117. The Balaban J connectivity index is 1.72. The molecule has 1 fully saturated rings. The van der Waals surface area contributed by atoms with E-state index in [1.165, 1.54) is 0 Å². The van der Waals surface area contributed by atoms with Crippen LogP contribution in [0.1, 0.15) is 0 Å². The second-order valence-electron chi connectivity index (χ2n) is 4.70.